The summed E-state index contributed by atoms with van der Waals surface area (Å²) in [6.07, 6.45) is 3.07. The second kappa shape index (κ2) is 4.68. The number of alkyl halides is 1. The number of likely N-dealkylation sites (tertiary alicyclic amines) is 1. The zero-order valence-electron chi connectivity index (χ0n) is 8.82. The Morgan fingerprint density at radius 1 is 1.40 bits per heavy atom. The van der Waals surface area contributed by atoms with Crippen LogP contribution in [-0.4, -0.2) is 48.8 Å². The molecule has 0 aromatic heterocycles. The van der Waals surface area contributed by atoms with Crippen molar-refractivity contribution in [2.45, 2.75) is 37.0 Å². The van der Waals surface area contributed by atoms with Crippen molar-refractivity contribution in [3.05, 3.63) is 0 Å². The first-order valence-corrected chi connectivity index (χ1v) is 5.79. The molecule has 0 aliphatic carbocycles. The van der Waals surface area contributed by atoms with Gasteiger partial charge in [0.05, 0.1) is 6.04 Å². The number of hydrogen-bond donors (Lipinski definition) is 0. The number of esters is 1. The lowest BCUT2D eigenvalue weighted by atomic mass is 10.1. The van der Waals surface area contributed by atoms with Gasteiger partial charge < -0.3 is 9.47 Å². The molecular formula is C10H16ClNO3. The number of halogens is 1. The van der Waals surface area contributed by atoms with E-state index < -0.39 is 11.7 Å². The largest absolute Gasteiger partial charge is 0.433 e. The molecule has 0 N–H and O–H groups in total. The van der Waals surface area contributed by atoms with Crippen LogP contribution >= 0.6 is 11.6 Å². The van der Waals surface area contributed by atoms with Crippen molar-refractivity contribution < 1.29 is 14.3 Å². The van der Waals surface area contributed by atoms with Crippen molar-refractivity contribution in [2.75, 3.05) is 20.2 Å². The number of carbonyl (C=O) groups is 1. The summed E-state index contributed by atoms with van der Waals surface area (Å²) in [5.41, 5.74) is 0. The SMILES string of the molecule is COC1OC(=O)C(Cl)C1N1CCCCC1. The maximum atomic E-state index is 11.3. The minimum atomic E-state index is -0.590. The number of nitrogens with zero attached hydrogens (tertiary/aromatic N) is 1. The molecule has 3 unspecified atom stereocenters. The Balaban J connectivity index is 2.06. The summed E-state index contributed by atoms with van der Waals surface area (Å²) in [6, 6.07) is -0.121. The molecule has 5 heteroatoms. The van der Waals surface area contributed by atoms with E-state index in [9.17, 15) is 4.79 Å². The molecule has 2 aliphatic heterocycles. The van der Waals surface area contributed by atoms with Crippen molar-refractivity contribution >= 4 is 17.6 Å². The lowest BCUT2D eigenvalue weighted by Crippen LogP contribution is -2.48. The molecule has 0 bridgehead atoms. The smallest absolute Gasteiger partial charge is 0.328 e. The molecule has 0 amide bonds. The Morgan fingerprint density at radius 3 is 2.67 bits per heavy atom. The van der Waals surface area contributed by atoms with Crippen LogP contribution in [0.5, 0.6) is 0 Å². The lowest BCUT2D eigenvalue weighted by Gasteiger charge is -2.34. The first-order chi connectivity index (χ1) is 7.24. The fraction of sp³-hybridized carbons (Fsp3) is 0.900. The number of methoxy groups -OCH3 is 1. The van der Waals surface area contributed by atoms with E-state index in [1.807, 2.05) is 0 Å². The maximum Gasteiger partial charge on any atom is 0.328 e. The highest BCUT2D eigenvalue weighted by Crippen LogP contribution is 2.28. The van der Waals surface area contributed by atoms with E-state index in [0.717, 1.165) is 25.9 Å². The van der Waals surface area contributed by atoms with Gasteiger partial charge in [0.1, 0.15) is 0 Å². The van der Waals surface area contributed by atoms with Gasteiger partial charge in [-0.05, 0) is 25.9 Å². The standard InChI is InChI=1S/C10H16ClNO3/c1-14-10-8(7(11)9(13)15-10)12-5-3-2-4-6-12/h7-8,10H,2-6H2,1H3. The molecule has 0 spiro atoms. The highest BCUT2D eigenvalue weighted by Gasteiger charge is 2.47. The number of carbonyl (C=O) groups excluding carboxylic acids is 1. The fourth-order valence-corrected chi connectivity index (χ4v) is 2.62. The van der Waals surface area contributed by atoms with Gasteiger partial charge in [-0.1, -0.05) is 6.42 Å². The van der Waals surface area contributed by atoms with E-state index in [4.69, 9.17) is 21.1 Å². The summed E-state index contributed by atoms with van der Waals surface area (Å²) in [4.78, 5) is 13.5. The van der Waals surface area contributed by atoms with Crippen LogP contribution in [0, 0.1) is 0 Å². The Hall–Kier alpha value is -0.320. The zero-order valence-corrected chi connectivity index (χ0v) is 9.57. The summed E-state index contributed by atoms with van der Waals surface area (Å²) in [5, 5.41) is -0.590. The molecule has 2 saturated heterocycles. The molecule has 0 aromatic rings. The first kappa shape index (κ1) is 11.2. The third-order valence-electron chi connectivity index (χ3n) is 3.08. The van der Waals surface area contributed by atoms with Gasteiger partial charge in [-0.25, -0.2) is 0 Å². The van der Waals surface area contributed by atoms with E-state index in [0.29, 0.717) is 0 Å². The minimum absolute atomic E-state index is 0.121. The third kappa shape index (κ3) is 2.12. The molecule has 86 valence electrons. The molecule has 0 aromatic carbocycles. The van der Waals surface area contributed by atoms with Crippen LogP contribution in [0.1, 0.15) is 19.3 Å². The van der Waals surface area contributed by atoms with Gasteiger partial charge in [-0.2, -0.15) is 0 Å². The molecular weight excluding hydrogens is 218 g/mol. The van der Waals surface area contributed by atoms with Crippen LogP contribution in [0.15, 0.2) is 0 Å². The molecule has 2 rings (SSSR count). The second-order valence-electron chi connectivity index (χ2n) is 4.03. The number of ether oxygens (including phenoxy) is 2. The number of rotatable bonds is 2. The van der Waals surface area contributed by atoms with Crippen LogP contribution in [0.4, 0.5) is 0 Å². The minimum Gasteiger partial charge on any atom is -0.433 e. The van der Waals surface area contributed by atoms with Crippen molar-refractivity contribution in [1.82, 2.24) is 4.90 Å². The van der Waals surface area contributed by atoms with Gasteiger partial charge in [0.15, 0.2) is 5.38 Å². The molecule has 2 aliphatic rings. The van der Waals surface area contributed by atoms with Gasteiger partial charge >= 0.3 is 5.97 Å². The van der Waals surface area contributed by atoms with Crippen LogP contribution in [0.3, 0.4) is 0 Å². The molecule has 3 atom stereocenters. The summed E-state index contributed by atoms with van der Waals surface area (Å²) in [6.45, 7) is 1.95. The van der Waals surface area contributed by atoms with Crippen LogP contribution in [0.2, 0.25) is 0 Å². The van der Waals surface area contributed by atoms with Gasteiger partial charge in [-0.15, -0.1) is 11.6 Å². The molecule has 15 heavy (non-hydrogen) atoms. The Bertz CT molecular complexity index is 243. The molecule has 2 fully saturated rings. The Morgan fingerprint density at radius 2 is 2.07 bits per heavy atom. The average molecular weight is 234 g/mol. The van der Waals surface area contributed by atoms with Crippen LogP contribution in [0.25, 0.3) is 0 Å². The zero-order chi connectivity index (χ0) is 10.8. The monoisotopic (exact) mass is 233 g/mol. The van der Waals surface area contributed by atoms with E-state index >= 15 is 0 Å². The summed E-state index contributed by atoms with van der Waals surface area (Å²) in [5.74, 6) is -0.362. The normalized spacial score (nSPS) is 38.0. The van der Waals surface area contributed by atoms with Crippen molar-refractivity contribution in [3.8, 4) is 0 Å². The predicted molar refractivity (Wildman–Crippen MR) is 55.7 cm³/mol. The number of hydrogen-bond acceptors (Lipinski definition) is 4. The van der Waals surface area contributed by atoms with Crippen molar-refractivity contribution in [1.29, 1.82) is 0 Å². The highest BCUT2D eigenvalue weighted by atomic mass is 35.5. The quantitative estimate of drug-likeness (QED) is 0.527. The summed E-state index contributed by atoms with van der Waals surface area (Å²) in [7, 11) is 1.55. The fourth-order valence-electron chi connectivity index (χ4n) is 2.29. The number of cyclic esters (lactones) is 1. The first-order valence-electron chi connectivity index (χ1n) is 5.35. The Labute approximate surface area is 94.5 Å². The van der Waals surface area contributed by atoms with E-state index in [2.05, 4.69) is 4.90 Å². The highest BCUT2D eigenvalue weighted by molar-refractivity contribution is 6.31. The van der Waals surface area contributed by atoms with E-state index in [1.165, 1.54) is 6.42 Å². The van der Waals surface area contributed by atoms with Crippen LogP contribution < -0.4 is 0 Å². The van der Waals surface area contributed by atoms with Gasteiger partial charge in [-0.3, -0.25) is 9.69 Å². The maximum absolute atomic E-state index is 11.3. The molecule has 2 heterocycles. The average Bonchev–Trinajstić information content (AvgIpc) is 2.56. The Kier molecular flexibility index (Phi) is 3.49. The van der Waals surface area contributed by atoms with Gasteiger partial charge in [0, 0.05) is 7.11 Å². The van der Waals surface area contributed by atoms with Gasteiger partial charge in [0.25, 0.3) is 0 Å². The van der Waals surface area contributed by atoms with Crippen molar-refractivity contribution in [3.63, 3.8) is 0 Å². The number of piperidine rings is 1. The topological polar surface area (TPSA) is 38.8 Å². The molecule has 0 saturated carbocycles. The predicted octanol–water partition coefficient (Wildman–Crippen LogP) is 0.978. The van der Waals surface area contributed by atoms with Crippen molar-refractivity contribution in [2.24, 2.45) is 0 Å². The summed E-state index contributed by atoms with van der Waals surface area (Å²) >= 11 is 6.04. The molecule has 0 radical (unpaired) electrons. The third-order valence-corrected chi connectivity index (χ3v) is 3.52. The van der Waals surface area contributed by atoms with E-state index in [-0.39, 0.29) is 12.0 Å². The molecule has 4 nitrogen and oxygen atoms in total. The van der Waals surface area contributed by atoms with E-state index in [1.54, 1.807) is 7.11 Å². The van der Waals surface area contributed by atoms with Crippen LogP contribution in [-0.2, 0) is 14.3 Å². The van der Waals surface area contributed by atoms with Gasteiger partial charge in [0.2, 0.25) is 6.29 Å². The second-order valence-corrected chi connectivity index (χ2v) is 4.50. The lowest BCUT2D eigenvalue weighted by molar-refractivity contribution is -0.163. The summed E-state index contributed by atoms with van der Waals surface area (Å²) < 4.78 is 10.2.